The summed E-state index contributed by atoms with van der Waals surface area (Å²) in [7, 11) is 1.78. The molecule has 0 bridgehead atoms. The highest BCUT2D eigenvalue weighted by Crippen LogP contribution is 2.26. The van der Waals surface area contributed by atoms with E-state index in [9.17, 15) is 4.79 Å². The number of pyridine rings is 1. The Kier molecular flexibility index (Phi) is 2.86. The summed E-state index contributed by atoms with van der Waals surface area (Å²) in [5, 5.41) is 17.5. The molecule has 0 spiro atoms. The van der Waals surface area contributed by atoms with Gasteiger partial charge in [-0.25, -0.2) is 9.78 Å². The fourth-order valence-electron chi connectivity index (χ4n) is 1.09. The van der Waals surface area contributed by atoms with E-state index in [1.165, 1.54) is 17.8 Å². The van der Waals surface area contributed by atoms with Gasteiger partial charge >= 0.3 is 5.97 Å². The molecule has 0 aliphatic rings. The summed E-state index contributed by atoms with van der Waals surface area (Å²) >= 11 is 1.17. The Hall–Kier alpha value is -1.89. The third-order valence-electron chi connectivity index (χ3n) is 1.86. The first-order valence-corrected chi connectivity index (χ1v) is 5.20. The van der Waals surface area contributed by atoms with Crippen LogP contribution < -0.4 is 0 Å². The topological polar surface area (TPSA) is 80.9 Å². The first kappa shape index (κ1) is 10.6. The van der Waals surface area contributed by atoms with Crippen molar-refractivity contribution in [2.75, 3.05) is 0 Å². The Bertz CT molecular complexity index is 526. The van der Waals surface area contributed by atoms with Crippen molar-refractivity contribution in [3.05, 3.63) is 30.2 Å². The largest absolute Gasteiger partial charge is 0.478 e. The van der Waals surface area contributed by atoms with Gasteiger partial charge in [-0.15, -0.1) is 10.2 Å². The average Bonchev–Trinajstić information content (AvgIpc) is 2.65. The van der Waals surface area contributed by atoms with Crippen molar-refractivity contribution in [2.45, 2.75) is 10.2 Å². The lowest BCUT2D eigenvalue weighted by Gasteiger charge is -2.02. The van der Waals surface area contributed by atoms with E-state index < -0.39 is 5.97 Å². The van der Waals surface area contributed by atoms with E-state index in [0.717, 1.165) is 0 Å². The summed E-state index contributed by atoms with van der Waals surface area (Å²) in [5.41, 5.74) is 0.163. The lowest BCUT2D eigenvalue weighted by Crippen LogP contribution is -2.01. The van der Waals surface area contributed by atoms with Crippen LogP contribution in [0.25, 0.3) is 0 Å². The molecule has 1 N–H and O–H groups in total. The van der Waals surface area contributed by atoms with E-state index in [0.29, 0.717) is 10.2 Å². The summed E-state index contributed by atoms with van der Waals surface area (Å²) in [5.74, 6) is -1.00. The highest BCUT2D eigenvalue weighted by molar-refractivity contribution is 7.99. The van der Waals surface area contributed by atoms with Crippen LogP contribution in [0.3, 0.4) is 0 Å². The molecule has 0 radical (unpaired) electrons. The number of aromatic nitrogens is 4. The maximum Gasteiger partial charge on any atom is 0.338 e. The Morgan fingerprint density at radius 3 is 3.00 bits per heavy atom. The van der Waals surface area contributed by atoms with Gasteiger partial charge in [-0.1, -0.05) is 0 Å². The first-order valence-electron chi connectivity index (χ1n) is 4.38. The molecule has 82 valence electrons. The number of hydrogen-bond acceptors (Lipinski definition) is 5. The van der Waals surface area contributed by atoms with Gasteiger partial charge in [0, 0.05) is 13.2 Å². The number of rotatable bonds is 3. The molecule has 0 saturated carbocycles. The summed E-state index contributed by atoms with van der Waals surface area (Å²) < 4.78 is 1.70. The van der Waals surface area contributed by atoms with Gasteiger partial charge < -0.3 is 9.67 Å². The lowest BCUT2D eigenvalue weighted by atomic mass is 10.3. The molecule has 6 nitrogen and oxygen atoms in total. The van der Waals surface area contributed by atoms with Crippen molar-refractivity contribution in [3.8, 4) is 0 Å². The van der Waals surface area contributed by atoms with E-state index in [1.807, 2.05) is 0 Å². The standard InChI is InChI=1S/C9H8N4O2S/c1-13-5-11-12-9(13)16-7-6(8(14)15)3-2-4-10-7/h2-5H,1H3,(H,14,15). The van der Waals surface area contributed by atoms with Gasteiger partial charge in [0.15, 0.2) is 5.16 Å². The van der Waals surface area contributed by atoms with Gasteiger partial charge in [-0.3, -0.25) is 0 Å². The molecule has 0 aromatic carbocycles. The van der Waals surface area contributed by atoms with Crippen LogP contribution in [0.4, 0.5) is 0 Å². The highest BCUT2D eigenvalue weighted by Gasteiger charge is 2.13. The predicted octanol–water partition coefficient (Wildman–Crippen LogP) is 1.06. The van der Waals surface area contributed by atoms with E-state index in [4.69, 9.17) is 5.11 Å². The van der Waals surface area contributed by atoms with Crippen LogP contribution in [0.15, 0.2) is 34.8 Å². The Balaban J connectivity index is 2.35. The molecule has 7 heteroatoms. The monoisotopic (exact) mass is 236 g/mol. The SMILES string of the molecule is Cn1cnnc1Sc1ncccc1C(=O)O. The van der Waals surface area contributed by atoms with Gasteiger partial charge in [-0.2, -0.15) is 0 Å². The summed E-state index contributed by atoms with van der Waals surface area (Å²) in [6.07, 6.45) is 3.09. The second-order valence-electron chi connectivity index (χ2n) is 2.99. The lowest BCUT2D eigenvalue weighted by molar-refractivity contribution is 0.0692. The quantitative estimate of drug-likeness (QED) is 0.858. The normalized spacial score (nSPS) is 10.3. The fraction of sp³-hybridized carbons (Fsp3) is 0.111. The Labute approximate surface area is 95.3 Å². The first-order chi connectivity index (χ1) is 7.68. The maximum absolute atomic E-state index is 10.9. The Morgan fingerprint density at radius 1 is 1.56 bits per heavy atom. The zero-order valence-electron chi connectivity index (χ0n) is 8.36. The van der Waals surface area contributed by atoms with Crippen LogP contribution in [0.1, 0.15) is 10.4 Å². The van der Waals surface area contributed by atoms with Gasteiger partial charge in [-0.05, 0) is 23.9 Å². The second kappa shape index (κ2) is 4.31. The third kappa shape index (κ3) is 2.03. The maximum atomic E-state index is 10.9. The number of aromatic carboxylic acids is 1. The molecule has 16 heavy (non-hydrogen) atoms. The van der Waals surface area contributed by atoms with Crippen molar-refractivity contribution >= 4 is 17.7 Å². The zero-order chi connectivity index (χ0) is 11.5. The zero-order valence-corrected chi connectivity index (χ0v) is 9.18. The van der Waals surface area contributed by atoms with Crippen LogP contribution in [0.5, 0.6) is 0 Å². The predicted molar refractivity (Wildman–Crippen MR) is 56.3 cm³/mol. The van der Waals surface area contributed by atoms with Crippen LogP contribution >= 0.6 is 11.8 Å². The second-order valence-corrected chi connectivity index (χ2v) is 3.94. The fourth-order valence-corrected chi connectivity index (χ4v) is 1.92. The molecule has 2 aromatic rings. The van der Waals surface area contributed by atoms with E-state index >= 15 is 0 Å². The number of hydrogen-bond donors (Lipinski definition) is 1. The molecule has 0 aliphatic carbocycles. The summed E-state index contributed by atoms with van der Waals surface area (Å²) in [6.45, 7) is 0. The number of carboxylic acid groups (broad SMARTS) is 1. The average molecular weight is 236 g/mol. The minimum absolute atomic E-state index is 0.163. The molecule has 0 unspecified atom stereocenters. The van der Waals surface area contributed by atoms with E-state index in [2.05, 4.69) is 15.2 Å². The van der Waals surface area contributed by atoms with Crippen LogP contribution in [-0.2, 0) is 7.05 Å². The molecule has 0 fully saturated rings. The van der Waals surface area contributed by atoms with Crippen molar-refractivity contribution in [1.82, 2.24) is 19.7 Å². The molecule has 2 rings (SSSR count). The molecule has 2 aromatic heterocycles. The number of carboxylic acids is 1. The number of nitrogens with zero attached hydrogens (tertiary/aromatic N) is 4. The van der Waals surface area contributed by atoms with Crippen LogP contribution in [0, 0.1) is 0 Å². The molecule has 2 heterocycles. The molecular weight excluding hydrogens is 228 g/mol. The molecule has 0 aliphatic heterocycles. The molecule has 0 atom stereocenters. The number of carbonyl (C=O) groups is 1. The summed E-state index contributed by atoms with van der Waals surface area (Å²) in [4.78, 5) is 15.0. The van der Waals surface area contributed by atoms with E-state index in [-0.39, 0.29) is 5.56 Å². The van der Waals surface area contributed by atoms with Gasteiger partial charge in [0.05, 0.1) is 5.56 Å². The minimum atomic E-state index is -1.00. The van der Waals surface area contributed by atoms with Crippen LogP contribution in [0.2, 0.25) is 0 Å². The van der Waals surface area contributed by atoms with Crippen molar-refractivity contribution < 1.29 is 9.90 Å². The van der Waals surface area contributed by atoms with Gasteiger partial charge in [0.25, 0.3) is 0 Å². The highest BCUT2D eigenvalue weighted by atomic mass is 32.2. The van der Waals surface area contributed by atoms with Crippen molar-refractivity contribution in [1.29, 1.82) is 0 Å². The molecule has 0 saturated heterocycles. The van der Waals surface area contributed by atoms with Gasteiger partial charge in [0.2, 0.25) is 0 Å². The van der Waals surface area contributed by atoms with Crippen molar-refractivity contribution in [2.24, 2.45) is 7.05 Å². The minimum Gasteiger partial charge on any atom is -0.478 e. The Morgan fingerprint density at radius 2 is 2.38 bits per heavy atom. The smallest absolute Gasteiger partial charge is 0.338 e. The number of aryl methyl sites for hydroxylation is 1. The molecule has 0 amide bonds. The van der Waals surface area contributed by atoms with E-state index in [1.54, 1.807) is 30.2 Å². The summed E-state index contributed by atoms with van der Waals surface area (Å²) in [6, 6.07) is 3.10. The van der Waals surface area contributed by atoms with Gasteiger partial charge in [0.1, 0.15) is 11.4 Å². The molecular formula is C9H8N4O2S. The third-order valence-corrected chi connectivity index (χ3v) is 2.93. The van der Waals surface area contributed by atoms with Crippen molar-refractivity contribution in [3.63, 3.8) is 0 Å². The van der Waals surface area contributed by atoms with Crippen LogP contribution in [-0.4, -0.2) is 30.8 Å².